The number of benzene rings is 2. The first kappa shape index (κ1) is 30.9. The van der Waals surface area contributed by atoms with Gasteiger partial charge in [0, 0.05) is 18.3 Å². The van der Waals surface area contributed by atoms with Crippen LogP contribution in [0.1, 0.15) is 100 Å². The number of ether oxygens (including phenoxy) is 3. The van der Waals surface area contributed by atoms with E-state index in [1.807, 2.05) is 42.5 Å². The third-order valence-electron chi connectivity index (χ3n) is 10.4. The molecule has 0 N–H and O–H groups in total. The molecule has 45 heavy (non-hydrogen) atoms. The Morgan fingerprint density at radius 1 is 1.00 bits per heavy atom. The lowest BCUT2D eigenvalue weighted by atomic mass is 9.87. The molecule has 2 aromatic rings. The first-order valence-corrected chi connectivity index (χ1v) is 18.3. The first-order chi connectivity index (χ1) is 21.5. The highest BCUT2D eigenvalue weighted by atomic mass is 32.2. The minimum absolute atomic E-state index is 0.000106. The van der Waals surface area contributed by atoms with Crippen molar-refractivity contribution in [1.29, 1.82) is 0 Å². The summed E-state index contributed by atoms with van der Waals surface area (Å²) in [5.74, 6) is -0.877. The molecule has 2 aliphatic heterocycles. The predicted molar refractivity (Wildman–Crippen MR) is 168 cm³/mol. The maximum absolute atomic E-state index is 14.5. The lowest BCUT2D eigenvalue weighted by Crippen LogP contribution is -2.46. The maximum atomic E-state index is 14.5. The van der Waals surface area contributed by atoms with Gasteiger partial charge in [0.1, 0.15) is 6.61 Å². The summed E-state index contributed by atoms with van der Waals surface area (Å²) >= 11 is 0. The van der Waals surface area contributed by atoms with Gasteiger partial charge in [-0.1, -0.05) is 56.3 Å². The second kappa shape index (κ2) is 11.8. The fourth-order valence-corrected chi connectivity index (χ4v) is 9.33. The van der Waals surface area contributed by atoms with Gasteiger partial charge in [0.05, 0.1) is 35.3 Å². The fourth-order valence-electron chi connectivity index (χ4n) is 7.40. The molecule has 0 aromatic heterocycles. The smallest absolute Gasteiger partial charge is 0.417 e. The summed E-state index contributed by atoms with van der Waals surface area (Å²) in [4.78, 5) is 29.3. The van der Waals surface area contributed by atoms with Crippen LogP contribution in [-0.2, 0) is 35.3 Å². The standard InChI is InChI=1S/C36H45NO7S/c1-35(2)22-43-36(44-23-35)17-16-25(20-36)8-14-30(33(38)37-28(21-42-34(37)39)18-24-6-4-3-5-7-24)27-11-15-32(31(19-27)26-9-10-26)45(40,41)29-12-13-29/h3-7,11,15,19,25-26,28-30H,8-10,12-14,16-18,20-23H2,1-2H3/t25-,28+,30+/m0/s1. The number of imide groups is 1. The van der Waals surface area contributed by atoms with Crippen LogP contribution >= 0.6 is 0 Å². The number of nitrogens with zero attached hydrogens (tertiary/aromatic N) is 1. The quantitative estimate of drug-likeness (QED) is 0.293. The van der Waals surface area contributed by atoms with Gasteiger partial charge in [-0.15, -0.1) is 0 Å². The van der Waals surface area contributed by atoms with Gasteiger partial charge in [-0.25, -0.2) is 18.1 Å². The van der Waals surface area contributed by atoms with Gasteiger partial charge in [0.2, 0.25) is 5.91 Å². The van der Waals surface area contributed by atoms with Crippen LogP contribution in [0.3, 0.4) is 0 Å². The summed E-state index contributed by atoms with van der Waals surface area (Å²) in [5.41, 5.74) is 2.66. The van der Waals surface area contributed by atoms with E-state index in [1.165, 1.54) is 4.90 Å². The van der Waals surface area contributed by atoms with E-state index < -0.39 is 33.7 Å². The van der Waals surface area contributed by atoms with Gasteiger partial charge in [0.15, 0.2) is 15.6 Å². The minimum atomic E-state index is -3.38. The van der Waals surface area contributed by atoms with Crippen LogP contribution in [0.25, 0.3) is 0 Å². The molecule has 0 unspecified atom stereocenters. The number of sulfone groups is 1. The Hall–Kier alpha value is -2.75. The summed E-state index contributed by atoms with van der Waals surface area (Å²) in [6.45, 7) is 5.79. The van der Waals surface area contributed by atoms with Crippen molar-refractivity contribution in [3.8, 4) is 0 Å². The highest BCUT2D eigenvalue weighted by Crippen LogP contribution is 2.48. The molecular weight excluding hydrogens is 590 g/mol. The van der Waals surface area contributed by atoms with Crippen LogP contribution in [0.15, 0.2) is 53.4 Å². The Balaban J connectivity index is 1.16. The third kappa shape index (κ3) is 6.45. The number of carbonyl (C=O) groups excluding carboxylic acids is 2. The van der Waals surface area contributed by atoms with Crippen molar-refractivity contribution in [3.05, 3.63) is 65.2 Å². The van der Waals surface area contributed by atoms with Gasteiger partial charge < -0.3 is 14.2 Å². The molecule has 3 atom stereocenters. The zero-order chi connectivity index (χ0) is 31.4. The highest BCUT2D eigenvalue weighted by molar-refractivity contribution is 7.92. The Bertz CT molecular complexity index is 1540. The molecule has 1 spiro atoms. The third-order valence-corrected chi connectivity index (χ3v) is 12.7. The lowest BCUT2D eigenvalue weighted by molar-refractivity contribution is -0.296. The molecule has 9 heteroatoms. The zero-order valence-corrected chi connectivity index (χ0v) is 27.2. The van der Waals surface area contributed by atoms with E-state index in [9.17, 15) is 18.0 Å². The zero-order valence-electron chi connectivity index (χ0n) is 26.4. The molecule has 5 fully saturated rings. The number of amides is 2. The summed E-state index contributed by atoms with van der Waals surface area (Å²) in [6, 6.07) is 15.0. The molecule has 2 heterocycles. The fraction of sp³-hybridized carbons (Fsp3) is 0.611. The van der Waals surface area contributed by atoms with Gasteiger partial charge in [-0.3, -0.25) is 4.79 Å². The van der Waals surface area contributed by atoms with Crippen LogP contribution in [0.2, 0.25) is 0 Å². The van der Waals surface area contributed by atoms with Gasteiger partial charge in [-0.2, -0.15) is 0 Å². The normalized spacial score (nSPS) is 26.6. The molecule has 0 bridgehead atoms. The van der Waals surface area contributed by atoms with E-state index in [0.29, 0.717) is 49.7 Å². The van der Waals surface area contributed by atoms with Crippen molar-refractivity contribution in [3.63, 3.8) is 0 Å². The number of rotatable bonds is 10. The van der Waals surface area contributed by atoms with Crippen LogP contribution < -0.4 is 0 Å². The summed E-state index contributed by atoms with van der Waals surface area (Å²) in [5, 5.41) is -0.291. The average Bonchev–Trinajstić information content (AvgIpc) is 3.96. The number of cyclic esters (lactones) is 1. The predicted octanol–water partition coefficient (Wildman–Crippen LogP) is 6.52. The van der Waals surface area contributed by atoms with E-state index in [1.54, 1.807) is 6.07 Å². The van der Waals surface area contributed by atoms with E-state index in [2.05, 4.69) is 13.8 Å². The molecule has 2 aromatic carbocycles. The van der Waals surface area contributed by atoms with Crippen LogP contribution in [0.4, 0.5) is 4.79 Å². The number of hydrogen-bond acceptors (Lipinski definition) is 7. The summed E-state index contributed by atoms with van der Waals surface area (Å²) in [6.07, 6.45) is 7.15. The van der Waals surface area contributed by atoms with Crippen LogP contribution in [0, 0.1) is 11.3 Å². The van der Waals surface area contributed by atoms with Gasteiger partial charge >= 0.3 is 6.09 Å². The van der Waals surface area contributed by atoms with E-state index in [4.69, 9.17) is 14.2 Å². The number of carbonyl (C=O) groups is 2. The maximum Gasteiger partial charge on any atom is 0.417 e. The van der Waals surface area contributed by atoms with E-state index in [-0.39, 0.29) is 29.1 Å². The van der Waals surface area contributed by atoms with Crippen molar-refractivity contribution in [2.24, 2.45) is 11.3 Å². The van der Waals surface area contributed by atoms with Crippen molar-refractivity contribution < 1.29 is 32.2 Å². The van der Waals surface area contributed by atoms with Crippen molar-refractivity contribution in [2.45, 2.75) is 112 Å². The molecule has 8 nitrogen and oxygen atoms in total. The Labute approximate surface area is 266 Å². The second-order valence-electron chi connectivity index (χ2n) is 14.8. The summed E-state index contributed by atoms with van der Waals surface area (Å²) < 4.78 is 44.7. The highest BCUT2D eigenvalue weighted by Gasteiger charge is 2.47. The van der Waals surface area contributed by atoms with E-state index >= 15 is 0 Å². The SMILES string of the molecule is CC1(C)COC2(CC[C@H](CC[C@@H](C(=O)N3C(=O)OC[C@H]3Cc3ccccc3)c3ccc(S(=O)(=O)C4CC4)c(C4CC4)c3)C2)OC1. The second-order valence-corrected chi connectivity index (χ2v) is 17.0. The van der Waals surface area contributed by atoms with Crippen LogP contribution in [0.5, 0.6) is 0 Å². The van der Waals surface area contributed by atoms with E-state index in [0.717, 1.165) is 55.2 Å². The Morgan fingerprint density at radius 3 is 2.42 bits per heavy atom. The molecule has 5 aliphatic rings. The average molecular weight is 636 g/mol. The number of hydrogen-bond donors (Lipinski definition) is 0. The van der Waals surface area contributed by atoms with Gasteiger partial charge in [0.25, 0.3) is 0 Å². The largest absolute Gasteiger partial charge is 0.447 e. The van der Waals surface area contributed by atoms with Crippen molar-refractivity contribution in [1.82, 2.24) is 4.90 Å². The van der Waals surface area contributed by atoms with Gasteiger partial charge in [-0.05, 0) is 86.0 Å². The minimum Gasteiger partial charge on any atom is -0.447 e. The Kier molecular flexibility index (Phi) is 8.10. The monoisotopic (exact) mass is 635 g/mol. The topological polar surface area (TPSA) is 99.2 Å². The molecule has 3 aliphatic carbocycles. The molecule has 2 amide bonds. The lowest BCUT2D eigenvalue weighted by Gasteiger charge is -2.41. The molecule has 2 saturated heterocycles. The molecule has 3 saturated carbocycles. The first-order valence-electron chi connectivity index (χ1n) is 16.7. The molecular formula is C36H45NO7S. The van der Waals surface area contributed by atoms with Crippen molar-refractivity contribution >= 4 is 21.8 Å². The molecule has 242 valence electrons. The van der Waals surface area contributed by atoms with Crippen molar-refractivity contribution in [2.75, 3.05) is 19.8 Å². The molecule has 7 rings (SSSR count). The van der Waals surface area contributed by atoms with Crippen LogP contribution in [-0.4, -0.2) is 62.2 Å². The molecule has 0 radical (unpaired) electrons. The Morgan fingerprint density at radius 2 is 1.73 bits per heavy atom. The summed E-state index contributed by atoms with van der Waals surface area (Å²) in [7, 11) is -3.38.